The number of likely N-dealkylation sites (tertiary alicyclic amines) is 1. The van der Waals surface area contributed by atoms with Crippen LogP contribution < -0.4 is 10.5 Å². The molecule has 1 aromatic heterocycles. The number of carbonyl (C=O) groups excluding carboxylic acids is 2. The van der Waals surface area contributed by atoms with E-state index in [4.69, 9.17) is 15.2 Å². The molecule has 0 aliphatic carbocycles. The van der Waals surface area contributed by atoms with Gasteiger partial charge in [-0.3, -0.25) is 4.79 Å². The monoisotopic (exact) mass is 337 g/mol. The van der Waals surface area contributed by atoms with E-state index in [0.717, 1.165) is 0 Å². The molecule has 0 aromatic carbocycles. The van der Waals surface area contributed by atoms with E-state index in [1.807, 2.05) is 27.7 Å². The summed E-state index contributed by atoms with van der Waals surface area (Å²) in [7, 11) is 0. The third-order valence-electron chi connectivity index (χ3n) is 3.34. The molecule has 0 atom stereocenters. The summed E-state index contributed by atoms with van der Waals surface area (Å²) in [6.45, 7) is 8.84. The highest BCUT2D eigenvalue weighted by atomic mass is 16.6. The Bertz CT molecular complexity index is 523. The third kappa shape index (κ3) is 6.06. The summed E-state index contributed by atoms with van der Waals surface area (Å²) < 4.78 is 10.9. The van der Waals surface area contributed by atoms with Crippen LogP contribution in [0.25, 0.3) is 0 Å². The molecule has 0 saturated carbocycles. The zero-order chi connectivity index (χ0) is 18.1. The van der Waals surface area contributed by atoms with E-state index in [9.17, 15) is 9.59 Å². The smallest absolute Gasteiger partial charge is 0.410 e. The Hall–Kier alpha value is -2.31. The predicted molar refractivity (Wildman–Crippen MR) is 90.9 cm³/mol. The average molecular weight is 337 g/mol. The van der Waals surface area contributed by atoms with E-state index < -0.39 is 5.91 Å². The second-order valence-corrected chi connectivity index (χ2v) is 5.49. The van der Waals surface area contributed by atoms with E-state index >= 15 is 0 Å². The lowest BCUT2D eigenvalue weighted by atomic mass is 10.1. The van der Waals surface area contributed by atoms with Crippen LogP contribution in [0.4, 0.5) is 4.79 Å². The van der Waals surface area contributed by atoms with Crippen LogP contribution in [0.1, 0.15) is 50.9 Å². The number of rotatable bonds is 4. The summed E-state index contributed by atoms with van der Waals surface area (Å²) in [4.78, 5) is 28.5. The summed E-state index contributed by atoms with van der Waals surface area (Å²) in [6.07, 6.45) is 2.42. The van der Waals surface area contributed by atoms with E-state index in [1.165, 1.54) is 6.20 Å². The lowest BCUT2D eigenvalue weighted by molar-refractivity contribution is 0.0507. The quantitative estimate of drug-likeness (QED) is 0.911. The molecule has 0 bridgehead atoms. The summed E-state index contributed by atoms with van der Waals surface area (Å²) >= 11 is 0. The van der Waals surface area contributed by atoms with Crippen LogP contribution in [0.2, 0.25) is 0 Å². The summed E-state index contributed by atoms with van der Waals surface area (Å²) in [5.74, 6) is -0.0655. The Morgan fingerprint density at radius 1 is 1.25 bits per heavy atom. The van der Waals surface area contributed by atoms with Crippen molar-refractivity contribution >= 4 is 12.0 Å². The van der Waals surface area contributed by atoms with Crippen LogP contribution >= 0.6 is 0 Å². The van der Waals surface area contributed by atoms with Gasteiger partial charge in [0.1, 0.15) is 6.10 Å². The van der Waals surface area contributed by atoms with Crippen molar-refractivity contribution in [1.82, 2.24) is 9.88 Å². The molecule has 1 fully saturated rings. The number of carbonyl (C=O) groups is 2. The maximum absolute atomic E-state index is 11.8. The predicted octanol–water partition coefficient (Wildman–Crippen LogP) is 2.59. The standard InChI is InChI=1S/C15H21N3O4.C2H6/c1-10(2)21-15(20)18-7-5-12(6-8-18)22-13-4-3-11(9-17-13)14(16)19;1-2/h3-4,9-10,12H,5-8H2,1-2H3,(H2,16,19);1-2H3. The molecule has 2 N–H and O–H groups in total. The molecule has 7 heteroatoms. The highest BCUT2D eigenvalue weighted by molar-refractivity contribution is 5.92. The highest BCUT2D eigenvalue weighted by Gasteiger charge is 2.25. The fourth-order valence-corrected chi connectivity index (χ4v) is 2.20. The van der Waals surface area contributed by atoms with Crippen molar-refractivity contribution < 1.29 is 19.1 Å². The van der Waals surface area contributed by atoms with Gasteiger partial charge in [0.2, 0.25) is 11.8 Å². The van der Waals surface area contributed by atoms with Gasteiger partial charge in [-0.2, -0.15) is 0 Å². The van der Waals surface area contributed by atoms with Gasteiger partial charge in [0.05, 0.1) is 11.7 Å². The molecule has 24 heavy (non-hydrogen) atoms. The van der Waals surface area contributed by atoms with Crippen molar-refractivity contribution in [1.29, 1.82) is 0 Å². The molecule has 1 saturated heterocycles. The normalized spacial score (nSPS) is 14.6. The minimum Gasteiger partial charge on any atom is -0.474 e. The lowest BCUT2D eigenvalue weighted by Crippen LogP contribution is -2.42. The number of hydrogen-bond donors (Lipinski definition) is 1. The van der Waals surface area contributed by atoms with Gasteiger partial charge in [0, 0.05) is 38.2 Å². The molecule has 1 aliphatic heterocycles. The van der Waals surface area contributed by atoms with E-state index in [0.29, 0.717) is 37.4 Å². The summed E-state index contributed by atoms with van der Waals surface area (Å²) in [5.41, 5.74) is 5.50. The van der Waals surface area contributed by atoms with Crippen molar-refractivity contribution in [3.63, 3.8) is 0 Å². The van der Waals surface area contributed by atoms with Crippen LogP contribution in [-0.4, -0.2) is 47.2 Å². The Labute approximate surface area is 143 Å². The first kappa shape index (κ1) is 19.7. The molecule has 0 unspecified atom stereocenters. The van der Waals surface area contributed by atoms with Crippen LogP contribution in [-0.2, 0) is 4.74 Å². The first-order valence-electron chi connectivity index (χ1n) is 8.34. The minimum absolute atomic E-state index is 0.00460. The molecule has 2 heterocycles. The van der Waals surface area contributed by atoms with Crippen molar-refractivity contribution in [2.45, 2.75) is 52.7 Å². The molecular formula is C17H27N3O4. The zero-order valence-electron chi connectivity index (χ0n) is 14.8. The van der Waals surface area contributed by atoms with Gasteiger partial charge in [0.15, 0.2) is 0 Å². The van der Waals surface area contributed by atoms with Crippen LogP contribution in [0.15, 0.2) is 18.3 Å². The fourth-order valence-electron chi connectivity index (χ4n) is 2.20. The summed E-state index contributed by atoms with van der Waals surface area (Å²) in [6, 6.07) is 3.21. The first-order valence-corrected chi connectivity index (χ1v) is 8.34. The minimum atomic E-state index is -0.518. The van der Waals surface area contributed by atoms with Gasteiger partial charge in [-0.1, -0.05) is 13.8 Å². The van der Waals surface area contributed by atoms with Crippen molar-refractivity contribution in [3.8, 4) is 5.88 Å². The van der Waals surface area contributed by atoms with Crippen LogP contribution in [0, 0.1) is 0 Å². The summed E-state index contributed by atoms with van der Waals surface area (Å²) in [5, 5.41) is 0. The van der Waals surface area contributed by atoms with Gasteiger partial charge in [-0.15, -0.1) is 0 Å². The van der Waals surface area contributed by atoms with Crippen molar-refractivity contribution in [2.75, 3.05) is 13.1 Å². The fraction of sp³-hybridized carbons (Fsp3) is 0.588. The molecule has 134 valence electrons. The molecular weight excluding hydrogens is 310 g/mol. The Morgan fingerprint density at radius 2 is 1.88 bits per heavy atom. The molecule has 1 aliphatic rings. The Morgan fingerprint density at radius 3 is 2.33 bits per heavy atom. The van der Waals surface area contributed by atoms with Crippen molar-refractivity contribution in [2.24, 2.45) is 5.73 Å². The maximum Gasteiger partial charge on any atom is 0.410 e. The number of pyridine rings is 1. The maximum atomic E-state index is 11.8. The zero-order valence-corrected chi connectivity index (χ0v) is 14.8. The van der Waals surface area contributed by atoms with Gasteiger partial charge in [-0.05, 0) is 19.9 Å². The average Bonchev–Trinajstić information content (AvgIpc) is 2.57. The van der Waals surface area contributed by atoms with Crippen LogP contribution in [0.3, 0.4) is 0 Å². The van der Waals surface area contributed by atoms with E-state index in [2.05, 4.69) is 4.98 Å². The molecule has 0 radical (unpaired) electrons. The first-order chi connectivity index (χ1) is 11.5. The second-order valence-electron chi connectivity index (χ2n) is 5.49. The van der Waals surface area contributed by atoms with Crippen LogP contribution in [0.5, 0.6) is 5.88 Å². The SMILES string of the molecule is CC.CC(C)OC(=O)N1CCC(Oc2ccc(C(N)=O)cn2)CC1. The second kappa shape index (κ2) is 9.75. The van der Waals surface area contributed by atoms with Gasteiger partial charge >= 0.3 is 6.09 Å². The number of aromatic nitrogens is 1. The molecule has 0 spiro atoms. The molecule has 1 aromatic rings. The number of primary amides is 1. The van der Waals surface area contributed by atoms with Gasteiger partial charge in [-0.25, -0.2) is 9.78 Å². The Kier molecular flexibility index (Phi) is 8.01. The van der Waals surface area contributed by atoms with E-state index in [1.54, 1.807) is 17.0 Å². The lowest BCUT2D eigenvalue weighted by Gasteiger charge is -2.31. The number of ether oxygens (including phenoxy) is 2. The van der Waals surface area contributed by atoms with Crippen molar-refractivity contribution in [3.05, 3.63) is 23.9 Å². The molecule has 2 amide bonds. The largest absolute Gasteiger partial charge is 0.474 e. The Balaban J connectivity index is 0.00000139. The molecule has 2 rings (SSSR count). The number of nitrogens with zero attached hydrogens (tertiary/aromatic N) is 2. The number of piperidine rings is 1. The highest BCUT2D eigenvalue weighted by Crippen LogP contribution is 2.18. The number of nitrogens with two attached hydrogens (primary N) is 1. The number of hydrogen-bond acceptors (Lipinski definition) is 5. The third-order valence-corrected chi connectivity index (χ3v) is 3.34. The molecule has 7 nitrogen and oxygen atoms in total. The number of amides is 2. The topological polar surface area (TPSA) is 94.7 Å². The van der Waals surface area contributed by atoms with Gasteiger partial charge < -0.3 is 20.1 Å². The van der Waals surface area contributed by atoms with Gasteiger partial charge in [0.25, 0.3) is 0 Å². The van der Waals surface area contributed by atoms with E-state index in [-0.39, 0.29) is 18.3 Å².